The minimum absolute atomic E-state index is 0.0520. The number of hydrazone groups is 1. The van der Waals surface area contributed by atoms with E-state index in [9.17, 15) is 4.79 Å². The van der Waals surface area contributed by atoms with Crippen LogP contribution in [0.15, 0.2) is 53.6 Å². The minimum Gasteiger partial charge on any atom is -0.271 e. The summed E-state index contributed by atoms with van der Waals surface area (Å²) in [4.78, 5) is 13.3. The van der Waals surface area contributed by atoms with Crippen molar-refractivity contribution in [1.82, 2.24) is 25.6 Å². The van der Waals surface area contributed by atoms with Crippen LogP contribution < -0.4 is 5.43 Å². The van der Waals surface area contributed by atoms with Crippen molar-refractivity contribution in [3.05, 3.63) is 65.2 Å². The van der Waals surface area contributed by atoms with Crippen molar-refractivity contribution in [2.75, 3.05) is 0 Å². The lowest BCUT2D eigenvalue weighted by Crippen LogP contribution is -2.25. The second-order valence-corrected chi connectivity index (χ2v) is 6.04. The molecule has 0 saturated heterocycles. The number of aryl methyl sites for hydroxylation is 2. The van der Waals surface area contributed by atoms with Crippen LogP contribution in [0.3, 0.4) is 0 Å². The number of hydrogen-bond acceptors (Lipinski definition) is 5. The van der Waals surface area contributed by atoms with Gasteiger partial charge in [0.05, 0.1) is 5.71 Å². The zero-order chi connectivity index (χ0) is 18.5. The molecule has 0 spiro atoms. The quantitative estimate of drug-likeness (QED) is 0.567. The third-order valence-corrected chi connectivity index (χ3v) is 4.04. The third-order valence-electron chi connectivity index (χ3n) is 4.04. The Labute approximate surface area is 151 Å². The molecule has 1 aromatic heterocycles. The van der Waals surface area contributed by atoms with Gasteiger partial charge in [-0.05, 0) is 48.7 Å². The summed E-state index contributed by atoms with van der Waals surface area (Å²) in [6.07, 6.45) is 0. The Morgan fingerprint density at radius 2 is 1.88 bits per heavy atom. The maximum atomic E-state index is 12.1. The van der Waals surface area contributed by atoms with Crippen molar-refractivity contribution in [1.29, 1.82) is 0 Å². The molecular weight excluding hydrogens is 328 g/mol. The fourth-order valence-corrected chi connectivity index (χ4v) is 2.35. The molecule has 0 unspecified atom stereocenters. The van der Waals surface area contributed by atoms with Gasteiger partial charge in [-0.3, -0.25) is 4.79 Å². The number of carbonyl (C=O) groups is 1. The molecule has 1 N–H and O–H groups in total. The zero-order valence-corrected chi connectivity index (χ0v) is 15.0. The van der Waals surface area contributed by atoms with Crippen LogP contribution in [-0.4, -0.2) is 31.8 Å². The van der Waals surface area contributed by atoms with E-state index in [0.717, 1.165) is 16.8 Å². The molecule has 26 heavy (non-hydrogen) atoms. The van der Waals surface area contributed by atoms with Gasteiger partial charge in [0, 0.05) is 5.56 Å². The van der Waals surface area contributed by atoms with E-state index in [1.807, 2.05) is 62.4 Å². The van der Waals surface area contributed by atoms with Crippen LogP contribution in [0.25, 0.3) is 11.4 Å². The number of nitrogens with one attached hydrogen (secondary N) is 1. The second kappa shape index (κ2) is 7.69. The number of benzene rings is 2. The Hall–Kier alpha value is -3.35. The van der Waals surface area contributed by atoms with Crippen LogP contribution in [0.1, 0.15) is 23.6 Å². The highest BCUT2D eigenvalue weighted by Crippen LogP contribution is 2.12. The first-order chi connectivity index (χ1) is 12.5. The molecule has 0 aliphatic carbocycles. The molecule has 0 fully saturated rings. The van der Waals surface area contributed by atoms with Crippen LogP contribution in [0, 0.1) is 13.8 Å². The Kier molecular flexibility index (Phi) is 5.17. The lowest BCUT2D eigenvalue weighted by molar-refractivity contribution is -0.122. The van der Waals surface area contributed by atoms with E-state index < -0.39 is 0 Å². The molecule has 3 rings (SSSR count). The van der Waals surface area contributed by atoms with Gasteiger partial charge in [0.25, 0.3) is 5.91 Å². The topological polar surface area (TPSA) is 85.1 Å². The molecule has 1 heterocycles. The number of tetrazole rings is 1. The summed E-state index contributed by atoms with van der Waals surface area (Å²) in [5.41, 5.74) is 7.49. The molecule has 0 radical (unpaired) electrons. The molecule has 2 aromatic carbocycles. The van der Waals surface area contributed by atoms with Crippen LogP contribution in [-0.2, 0) is 11.3 Å². The summed E-state index contributed by atoms with van der Waals surface area (Å²) in [6.45, 7) is 5.91. The molecule has 132 valence electrons. The second-order valence-electron chi connectivity index (χ2n) is 6.04. The SMILES string of the molecule is CC(=NNC(=O)Cn1nnc(-c2ccccc2)n1)c1ccc(C)c(C)c1. The number of carbonyl (C=O) groups excluding carboxylic acids is 1. The Bertz CT molecular complexity index is 946. The van der Waals surface area contributed by atoms with Gasteiger partial charge in [-0.2, -0.15) is 9.90 Å². The van der Waals surface area contributed by atoms with E-state index >= 15 is 0 Å². The lowest BCUT2D eigenvalue weighted by Gasteiger charge is -2.05. The van der Waals surface area contributed by atoms with E-state index in [0.29, 0.717) is 5.82 Å². The maximum Gasteiger partial charge on any atom is 0.263 e. The number of amides is 1. The van der Waals surface area contributed by atoms with Gasteiger partial charge in [0.1, 0.15) is 6.54 Å². The molecule has 7 heteroatoms. The fourth-order valence-electron chi connectivity index (χ4n) is 2.35. The smallest absolute Gasteiger partial charge is 0.263 e. The van der Waals surface area contributed by atoms with Gasteiger partial charge < -0.3 is 0 Å². The Morgan fingerprint density at radius 1 is 1.12 bits per heavy atom. The average Bonchev–Trinajstić information content (AvgIpc) is 3.11. The van der Waals surface area contributed by atoms with Crippen LogP contribution >= 0.6 is 0 Å². The van der Waals surface area contributed by atoms with E-state index in [4.69, 9.17) is 0 Å². The summed E-state index contributed by atoms with van der Waals surface area (Å²) in [5, 5.41) is 16.2. The summed E-state index contributed by atoms with van der Waals surface area (Å²) < 4.78 is 0. The molecule has 3 aromatic rings. The Morgan fingerprint density at radius 3 is 2.62 bits per heavy atom. The molecule has 1 amide bonds. The molecule has 7 nitrogen and oxygen atoms in total. The van der Waals surface area contributed by atoms with E-state index in [2.05, 4.69) is 32.9 Å². The van der Waals surface area contributed by atoms with Crippen molar-refractivity contribution in [2.24, 2.45) is 5.10 Å². The summed E-state index contributed by atoms with van der Waals surface area (Å²) in [5.74, 6) is 0.165. The van der Waals surface area contributed by atoms with E-state index in [1.54, 1.807) is 0 Å². The van der Waals surface area contributed by atoms with Crippen LogP contribution in [0.2, 0.25) is 0 Å². The van der Waals surface area contributed by atoms with Gasteiger partial charge in [-0.1, -0.05) is 42.5 Å². The molecule has 0 saturated carbocycles. The number of rotatable bonds is 5. The number of nitrogens with zero attached hydrogens (tertiary/aromatic N) is 5. The van der Waals surface area contributed by atoms with Crippen LogP contribution in [0.4, 0.5) is 0 Å². The van der Waals surface area contributed by atoms with E-state index in [1.165, 1.54) is 15.9 Å². The molecule has 0 bridgehead atoms. The number of hydrogen-bond donors (Lipinski definition) is 1. The van der Waals surface area contributed by atoms with Crippen molar-refractivity contribution in [2.45, 2.75) is 27.3 Å². The molecule has 0 aliphatic rings. The first-order valence-corrected chi connectivity index (χ1v) is 8.27. The average molecular weight is 348 g/mol. The standard InChI is InChI=1S/C19H20N6O/c1-13-9-10-17(11-14(13)2)15(3)20-21-18(26)12-25-23-19(22-24-25)16-7-5-4-6-8-16/h4-11H,12H2,1-3H3,(H,21,26). The van der Waals surface area contributed by atoms with E-state index in [-0.39, 0.29) is 12.5 Å². The van der Waals surface area contributed by atoms with Gasteiger partial charge in [-0.15, -0.1) is 10.2 Å². The van der Waals surface area contributed by atoms with Crippen molar-refractivity contribution >= 4 is 11.6 Å². The highest BCUT2D eigenvalue weighted by atomic mass is 16.2. The number of aromatic nitrogens is 4. The van der Waals surface area contributed by atoms with Gasteiger partial charge in [-0.25, -0.2) is 5.43 Å². The molecule has 0 atom stereocenters. The summed E-state index contributed by atoms with van der Waals surface area (Å²) in [7, 11) is 0. The first-order valence-electron chi connectivity index (χ1n) is 8.27. The lowest BCUT2D eigenvalue weighted by atomic mass is 10.0. The monoisotopic (exact) mass is 348 g/mol. The van der Waals surface area contributed by atoms with Gasteiger partial charge >= 0.3 is 0 Å². The fraction of sp³-hybridized carbons (Fsp3) is 0.211. The predicted octanol–water partition coefficient (Wildman–Crippen LogP) is 2.50. The molecule has 0 aliphatic heterocycles. The Balaban J connectivity index is 1.62. The van der Waals surface area contributed by atoms with Crippen molar-refractivity contribution in [3.63, 3.8) is 0 Å². The zero-order valence-electron chi connectivity index (χ0n) is 15.0. The normalized spacial score (nSPS) is 11.4. The first kappa shape index (κ1) is 17.5. The third kappa shape index (κ3) is 4.18. The predicted molar refractivity (Wildman–Crippen MR) is 99.5 cm³/mol. The van der Waals surface area contributed by atoms with Crippen molar-refractivity contribution in [3.8, 4) is 11.4 Å². The molecular formula is C19H20N6O. The van der Waals surface area contributed by atoms with Crippen molar-refractivity contribution < 1.29 is 4.79 Å². The van der Waals surface area contributed by atoms with Crippen LogP contribution in [0.5, 0.6) is 0 Å². The minimum atomic E-state index is -0.315. The summed E-state index contributed by atoms with van der Waals surface area (Å²) in [6, 6.07) is 15.5. The highest BCUT2D eigenvalue weighted by Gasteiger charge is 2.09. The van der Waals surface area contributed by atoms with Gasteiger partial charge in [0.15, 0.2) is 0 Å². The van der Waals surface area contributed by atoms with Gasteiger partial charge in [0.2, 0.25) is 5.82 Å². The largest absolute Gasteiger partial charge is 0.271 e. The summed E-state index contributed by atoms with van der Waals surface area (Å²) >= 11 is 0. The highest BCUT2D eigenvalue weighted by molar-refractivity contribution is 5.99. The maximum absolute atomic E-state index is 12.1.